The molecule has 0 saturated heterocycles. The van der Waals surface area contributed by atoms with Gasteiger partial charge in [0.25, 0.3) is 0 Å². The van der Waals surface area contributed by atoms with Crippen LogP contribution in [0.3, 0.4) is 0 Å². The van der Waals surface area contributed by atoms with E-state index in [4.69, 9.17) is 9.47 Å². The fourth-order valence-corrected chi connectivity index (χ4v) is 2.38. The molecule has 26 heavy (non-hydrogen) atoms. The molecule has 1 saturated carbocycles. The van der Waals surface area contributed by atoms with Crippen LogP contribution in [0, 0.1) is 0 Å². The maximum atomic E-state index is 12.5. The molecule has 1 aliphatic rings. The van der Waals surface area contributed by atoms with Crippen LogP contribution in [-0.2, 0) is 11.3 Å². The van der Waals surface area contributed by atoms with Crippen molar-refractivity contribution in [3.05, 3.63) is 65.7 Å². The Bertz CT molecular complexity index is 741. The van der Waals surface area contributed by atoms with Crippen LogP contribution < -0.4 is 10.1 Å². The van der Waals surface area contributed by atoms with Crippen molar-refractivity contribution in [3.8, 4) is 5.75 Å². The Kier molecular flexibility index (Phi) is 5.86. The lowest BCUT2D eigenvalue weighted by molar-refractivity contribution is 0.0864. The average molecular weight is 355 g/mol. The second-order valence-electron chi connectivity index (χ2n) is 6.15. The highest BCUT2D eigenvalue weighted by molar-refractivity contribution is 6.01. The smallest absolute Gasteiger partial charge is 0.408 e. The van der Waals surface area contributed by atoms with Gasteiger partial charge in [0, 0.05) is 5.56 Å². The maximum absolute atomic E-state index is 12.5. The monoisotopic (exact) mass is 355 g/mol. The molecular formula is C20H21NO5. The van der Waals surface area contributed by atoms with Crippen LogP contribution in [0.15, 0.2) is 54.6 Å². The molecule has 0 bridgehead atoms. The lowest BCUT2D eigenvalue weighted by Crippen LogP contribution is -2.43. The molecule has 2 aromatic rings. The maximum Gasteiger partial charge on any atom is 0.408 e. The second kappa shape index (κ2) is 8.49. The number of hydrogen-bond acceptors (Lipinski definition) is 5. The van der Waals surface area contributed by atoms with Gasteiger partial charge in [-0.2, -0.15) is 0 Å². The quantitative estimate of drug-likeness (QED) is 0.711. The Labute approximate surface area is 151 Å². The standard InChI is InChI=1S/C20H21NO5/c22-12-18(21-20(24)25-13-14-4-2-1-3-5-14)19(23)15-6-8-16(9-7-15)26-17-10-11-17/h1-9,17-18,22H,10-13H2,(H,21,24)/t18-/m1/s1. The van der Waals surface area contributed by atoms with E-state index in [-0.39, 0.29) is 18.5 Å². The van der Waals surface area contributed by atoms with Crippen molar-refractivity contribution in [1.82, 2.24) is 5.32 Å². The predicted octanol–water partition coefficient (Wildman–Crippen LogP) is 2.70. The average Bonchev–Trinajstić information content (AvgIpc) is 3.49. The molecule has 0 spiro atoms. The Morgan fingerprint density at radius 2 is 1.77 bits per heavy atom. The summed E-state index contributed by atoms with van der Waals surface area (Å²) >= 11 is 0. The van der Waals surface area contributed by atoms with E-state index in [1.807, 2.05) is 30.3 Å². The van der Waals surface area contributed by atoms with Gasteiger partial charge in [0.15, 0.2) is 5.78 Å². The molecule has 0 radical (unpaired) electrons. The number of aliphatic hydroxyl groups is 1. The number of amides is 1. The number of carbonyl (C=O) groups excluding carboxylic acids is 2. The van der Waals surface area contributed by atoms with Gasteiger partial charge in [-0.15, -0.1) is 0 Å². The number of benzene rings is 2. The lowest BCUT2D eigenvalue weighted by Gasteiger charge is -2.15. The van der Waals surface area contributed by atoms with Gasteiger partial charge in [-0.05, 0) is 42.7 Å². The molecule has 136 valence electrons. The summed E-state index contributed by atoms with van der Waals surface area (Å²) in [6.07, 6.45) is 1.64. The highest BCUT2D eigenvalue weighted by atomic mass is 16.5. The number of carbonyl (C=O) groups is 2. The van der Waals surface area contributed by atoms with Gasteiger partial charge in [0.1, 0.15) is 18.4 Å². The van der Waals surface area contributed by atoms with E-state index in [1.165, 1.54) is 0 Å². The van der Waals surface area contributed by atoms with Crippen molar-refractivity contribution in [1.29, 1.82) is 0 Å². The Morgan fingerprint density at radius 3 is 2.38 bits per heavy atom. The summed E-state index contributed by atoms with van der Waals surface area (Å²) in [5.41, 5.74) is 1.22. The molecule has 6 nitrogen and oxygen atoms in total. The van der Waals surface area contributed by atoms with Gasteiger partial charge in [-0.1, -0.05) is 30.3 Å². The van der Waals surface area contributed by atoms with Crippen molar-refractivity contribution in [3.63, 3.8) is 0 Å². The summed E-state index contributed by atoms with van der Waals surface area (Å²) in [7, 11) is 0. The van der Waals surface area contributed by atoms with Crippen LogP contribution in [-0.4, -0.2) is 35.7 Å². The van der Waals surface area contributed by atoms with Crippen LogP contribution in [0.2, 0.25) is 0 Å². The van der Waals surface area contributed by atoms with Gasteiger partial charge in [0.05, 0.1) is 12.7 Å². The number of nitrogens with one attached hydrogen (secondary N) is 1. The van der Waals surface area contributed by atoms with Crippen LogP contribution >= 0.6 is 0 Å². The summed E-state index contributed by atoms with van der Waals surface area (Å²) in [5.74, 6) is 0.321. The number of ether oxygens (including phenoxy) is 2. The van der Waals surface area contributed by atoms with Crippen molar-refractivity contribution in [2.24, 2.45) is 0 Å². The molecule has 1 fully saturated rings. The fourth-order valence-electron chi connectivity index (χ4n) is 2.38. The summed E-state index contributed by atoms with van der Waals surface area (Å²) in [6.45, 7) is -0.425. The summed E-state index contributed by atoms with van der Waals surface area (Å²) < 4.78 is 10.7. The largest absolute Gasteiger partial charge is 0.490 e. The molecule has 2 aromatic carbocycles. The highest BCUT2D eigenvalue weighted by Crippen LogP contribution is 2.26. The van der Waals surface area contributed by atoms with Gasteiger partial charge in [-0.3, -0.25) is 4.79 Å². The topological polar surface area (TPSA) is 84.9 Å². The first-order chi connectivity index (χ1) is 12.7. The number of aliphatic hydroxyl groups excluding tert-OH is 1. The molecule has 1 atom stereocenters. The first-order valence-corrected chi connectivity index (χ1v) is 8.54. The predicted molar refractivity (Wildman–Crippen MR) is 95.1 cm³/mol. The fraction of sp³-hybridized carbons (Fsp3) is 0.300. The Morgan fingerprint density at radius 1 is 1.08 bits per heavy atom. The molecule has 0 heterocycles. The minimum atomic E-state index is -1.06. The third kappa shape index (κ3) is 5.07. The number of Topliss-reactive ketones (excluding diaryl/α,β-unsaturated/α-hetero) is 1. The zero-order valence-corrected chi connectivity index (χ0v) is 14.3. The molecule has 0 unspecified atom stereocenters. The second-order valence-corrected chi connectivity index (χ2v) is 6.15. The van der Waals surface area contributed by atoms with Crippen LogP contribution in [0.25, 0.3) is 0 Å². The third-order valence-electron chi connectivity index (χ3n) is 3.97. The normalized spacial score (nSPS) is 14.3. The minimum absolute atomic E-state index is 0.0895. The van der Waals surface area contributed by atoms with Gasteiger partial charge in [0.2, 0.25) is 0 Å². The molecular weight excluding hydrogens is 334 g/mol. The van der Waals surface area contributed by atoms with Gasteiger partial charge >= 0.3 is 6.09 Å². The van der Waals surface area contributed by atoms with Gasteiger partial charge in [-0.25, -0.2) is 4.79 Å². The van der Waals surface area contributed by atoms with Crippen LogP contribution in [0.1, 0.15) is 28.8 Å². The SMILES string of the molecule is O=C(N[C@H](CO)C(=O)c1ccc(OC2CC2)cc1)OCc1ccccc1. The van der Waals surface area contributed by atoms with Gasteiger partial charge < -0.3 is 19.9 Å². The Hall–Kier alpha value is -2.86. The number of alkyl carbamates (subject to hydrolysis) is 1. The molecule has 0 aliphatic heterocycles. The highest BCUT2D eigenvalue weighted by Gasteiger charge is 2.24. The number of rotatable bonds is 8. The van der Waals surface area contributed by atoms with E-state index in [0.29, 0.717) is 11.3 Å². The van der Waals surface area contributed by atoms with Crippen molar-refractivity contribution < 1.29 is 24.2 Å². The van der Waals surface area contributed by atoms with Crippen molar-refractivity contribution in [2.75, 3.05) is 6.61 Å². The molecule has 1 amide bonds. The molecule has 2 N–H and O–H groups in total. The molecule has 0 aromatic heterocycles. The minimum Gasteiger partial charge on any atom is -0.490 e. The van der Waals surface area contributed by atoms with E-state index < -0.39 is 18.7 Å². The van der Waals surface area contributed by atoms with E-state index >= 15 is 0 Å². The van der Waals surface area contributed by atoms with E-state index in [1.54, 1.807) is 24.3 Å². The van der Waals surface area contributed by atoms with E-state index in [0.717, 1.165) is 18.4 Å². The molecule has 3 rings (SSSR count). The zero-order valence-electron chi connectivity index (χ0n) is 14.3. The van der Waals surface area contributed by atoms with E-state index in [9.17, 15) is 14.7 Å². The Balaban J connectivity index is 1.53. The summed E-state index contributed by atoms with van der Waals surface area (Å²) in [5, 5.41) is 11.9. The first-order valence-electron chi connectivity index (χ1n) is 8.54. The molecule has 1 aliphatic carbocycles. The van der Waals surface area contributed by atoms with Crippen LogP contribution in [0.5, 0.6) is 5.75 Å². The van der Waals surface area contributed by atoms with Crippen LogP contribution in [0.4, 0.5) is 4.79 Å². The zero-order chi connectivity index (χ0) is 18.4. The van der Waals surface area contributed by atoms with E-state index in [2.05, 4.69) is 5.32 Å². The summed E-state index contributed by atoms with van der Waals surface area (Å²) in [6, 6.07) is 14.8. The first kappa shape index (κ1) is 17.9. The molecule has 6 heteroatoms. The number of hydrogen-bond donors (Lipinski definition) is 2. The number of ketones is 1. The van der Waals surface area contributed by atoms with Crippen molar-refractivity contribution in [2.45, 2.75) is 31.6 Å². The lowest BCUT2D eigenvalue weighted by atomic mass is 10.0. The third-order valence-corrected chi connectivity index (χ3v) is 3.97. The van der Waals surface area contributed by atoms with Crippen molar-refractivity contribution >= 4 is 11.9 Å². The summed E-state index contributed by atoms with van der Waals surface area (Å²) in [4.78, 5) is 24.3.